The lowest BCUT2D eigenvalue weighted by atomic mass is 10.1. The van der Waals surface area contributed by atoms with Crippen LogP contribution in [0.4, 0.5) is 4.79 Å². The number of likely N-dealkylation sites (tertiary alicyclic amines) is 1. The normalized spacial score (nSPS) is 23.0. The van der Waals surface area contributed by atoms with E-state index in [-0.39, 0.29) is 18.5 Å². The summed E-state index contributed by atoms with van der Waals surface area (Å²) < 4.78 is 5.05. The van der Waals surface area contributed by atoms with E-state index < -0.39 is 0 Å². The van der Waals surface area contributed by atoms with Gasteiger partial charge < -0.3 is 20.7 Å². The maximum Gasteiger partial charge on any atom is 0.337 e. The van der Waals surface area contributed by atoms with Crippen molar-refractivity contribution in [3.63, 3.8) is 0 Å². The van der Waals surface area contributed by atoms with Crippen molar-refractivity contribution >= 4 is 12.0 Å². The van der Waals surface area contributed by atoms with Crippen molar-refractivity contribution in [3.05, 3.63) is 11.3 Å². The number of carbonyl (C=O) groups excluding carboxylic acids is 2. The van der Waals surface area contributed by atoms with E-state index in [1.165, 1.54) is 0 Å². The van der Waals surface area contributed by atoms with Gasteiger partial charge in [0.1, 0.15) is 0 Å². The summed E-state index contributed by atoms with van der Waals surface area (Å²) in [6, 6.07) is -0.260. The Labute approximate surface area is 125 Å². The second kappa shape index (κ2) is 7.42. The Kier molecular flexibility index (Phi) is 5.58. The fraction of sp³-hybridized carbons (Fsp3) is 0.714. The van der Waals surface area contributed by atoms with Crippen LogP contribution in [-0.4, -0.2) is 63.3 Å². The van der Waals surface area contributed by atoms with Crippen molar-refractivity contribution in [3.8, 4) is 0 Å². The molecule has 2 aliphatic rings. The van der Waals surface area contributed by atoms with Crippen LogP contribution in [0.2, 0.25) is 0 Å². The summed E-state index contributed by atoms with van der Waals surface area (Å²) in [4.78, 5) is 25.7. The van der Waals surface area contributed by atoms with Gasteiger partial charge in [0.2, 0.25) is 0 Å². The van der Waals surface area contributed by atoms with E-state index in [1.54, 1.807) is 6.92 Å². The van der Waals surface area contributed by atoms with Gasteiger partial charge in [0.05, 0.1) is 18.7 Å². The minimum atomic E-state index is -0.356. The van der Waals surface area contributed by atoms with E-state index in [0.717, 1.165) is 26.1 Å². The van der Waals surface area contributed by atoms with Crippen LogP contribution in [-0.2, 0) is 9.53 Å². The lowest BCUT2D eigenvalue weighted by molar-refractivity contribution is -0.138. The zero-order valence-corrected chi connectivity index (χ0v) is 12.7. The van der Waals surface area contributed by atoms with Crippen molar-refractivity contribution in [1.82, 2.24) is 20.9 Å². The van der Waals surface area contributed by atoms with Gasteiger partial charge in [-0.3, -0.25) is 4.90 Å². The Morgan fingerprint density at radius 2 is 2.33 bits per heavy atom. The molecule has 3 N–H and O–H groups in total. The smallest absolute Gasteiger partial charge is 0.337 e. The third kappa shape index (κ3) is 4.18. The number of urea groups is 1. The first kappa shape index (κ1) is 15.8. The van der Waals surface area contributed by atoms with Crippen LogP contribution >= 0.6 is 0 Å². The van der Waals surface area contributed by atoms with Gasteiger partial charge in [-0.25, -0.2) is 9.59 Å². The summed E-state index contributed by atoms with van der Waals surface area (Å²) in [5.41, 5.74) is 1.19. The van der Waals surface area contributed by atoms with Gasteiger partial charge in [0, 0.05) is 18.8 Å². The van der Waals surface area contributed by atoms with Crippen molar-refractivity contribution < 1.29 is 14.3 Å². The number of carbonyl (C=O) groups is 2. The maximum absolute atomic E-state index is 12.0. The highest BCUT2D eigenvalue weighted by Crippen LogP contribution is 2.18. The minimum Gasteiger partial charge on any atom is -0.463 e. The van der Waals surface area contributed by atoms with E-state index in [4.69, 9.17) is 4.74 Å². The molecule has 1 unspecified atom stereocenters. The average Bonchev–Trinajstić information content (AvgIpc) is 2.87. The van der Waals surface area contributed by atoms with Gasteiger partial charge in [-0.15, -0.1) is 0 Å². The van der Waals surface area contributed by atoms with Crippen molar-refractivity contribution in [2.45, 2.75) is 13.3 Å². The Bertz CT molecular complexity index is 436. The molecule has 1 atom stereocenters. The van der Waals surface area contributed by atoms with Gasteiger partial charge >= 0.3 is 12.0 Å². The number of nitrogens with zero attached hydrogens (tertiary/aromatic N) is 1. The molecule has 118 valence electrons. The van der Waals surface area contributed by atoms with Gasteiger partial charge in [-0.1, -0.05) is 0 Å². The third-order valence-electron chi connectivity index (χ3n) is 3.82. The zero-order valence-electron chi connectivity index (χ0n) is 12.7. The zero-order chi connectivity index (χ0) is 15.2. The molecule has 2 heterocycles. The van der Waals surface area contributed by atoms with Crippen LogP contribution in [0.25, 0.3) is 0 Å². The number of ether oxygens (including phenoxy) is 1. The first-order valence-electron chi connectivity index (χ1n) is 7.45. The highest BCUT2D eigenvalue weighted by atomic mass is 16.5. The molecule has 2 amide bonds. The molecule has 0 saturated carbocycles. The van der Waals surface area contributed by atoms with Crippen LogP contribution in [0, 0.1) is 5.92 Å². The predicted octanol–water partition coefficient (Wildman–Crippen LogP) is -0.342. The molecule has 1 fully saturated rings. The van der Waals surface area contributed by atoms with Crippen LogP contribution in [0.3, 0.4) is 0 Å². The van der Waals surface area contributed by atoms with Crippen molar-refractivity contribution in [2.24, 2.45) is 5.92 Å². The van der Waals surface area contributed by atoms with E-state index in [0.29, 0.717) is 30.3 Å². The average molecular weight is 296 g/mol. The Morgan fingerprint density at radius 1 is 1.52 bits per heavy atom. The molecule has 2 rings (SSSR count). The topological polar surface area (TPSA) is 82.7 Å². The van der Waals surface area contributed by atoms with E-state index in [1.807, 2.05) is 7.05 Å². The Balaban J connectivity index is 2.02. The SMILES string of the molecule is CCOC(=O)C1=C(CN2CCC(CNC)C2)NC(=O)NC1. The van der Waals surface area contributed by atoms with Gasteiger partial charge in [-0.05, 0) is 39.4 Å². The van der Waals surface area contributed by atoms with Gasteiger partial charge in [-0.2, -0.15) is 0 Å². The maximum atomic E-state index is 12.0. The van der Waals surface area contributed by atoms with Crippen LogP contribution in [0.15, 0.2) is 11.3 Å². The molecule has 21 heavy (non-hydrogen) atoms. The number of nitrogens with one attached hydrogen (secondary N) is 3. The molecular formula is C14H24N4O3. The van der Waals surface area contributed by atoms with Crippen LogP contribution in [0.1, 0.15) is 13.3 Å². The molecule has 0 radical (unpaired) electrons. The summed E-state index contributed by atoms with van der Waals surface area (Å²) in [5, 5.41) is 8.56. The van der Waals surface area contributed by atoms with Crippen molar-refractivity contribution in [1.29, 1.82) is 0 Å². The second-order valence-electron chi connectivity index (χ2n) is 5.43. The molecule has 7 heteroatoms. The first-order chi connectivity index (χ1) is 10.1. The fourth-order valence-corrected chi connectivity index (χ4v) is 2.82. The molecular weight excluding hydrogens is 272 g/mol. The van der Waals surface area contributed by atoms with Crippen LogP contribution in [0.5, 0.6) is 0 Å². The summed E-state index contributed by atoms with van der Waals surface area (Å²) >= 11 is 0. The molecule has 2 aliphatic heterocycles. The number of esters is 1. The number of hydrogen-bond donors (Lipinski definition) is 3. The molecule has 7 nitrogen and oxygen atoms in total. The Morgan fingerprint density at radius 3 is 3.05 bits per heavy atom. The monoisotopic (exact) mass is 296 g/mol. The second-order valence-corrected chi connectivity index (χ2v) is 5.43. The molecule has 0 aliphatic carbocycles. The van der Waals surface area contributed by atoms with Crippen molar-refractivity contribution in [2.75, 3.05) is 46.4 Å². The van der Waals surface area contributed by atoms with Gasteiger partial charge in [0.15, 0.2) is 0 Å². The number of rotatable bonds is 6. The summed E-state index contributed by atoms with van der Waals surface area (Å²) in [7, 11) is 1.96. The minimum absolute atomic E-state index is 0.230. The van der Waals surface area contributed by atoms with Gasteiger partial charge in [0.25, 0.3) is 0 Å². The largest absolute Gasteiger partial charge is 0.463 e. The predicted molar refractivity (Wildman–Crippen MR) is 78.7 cm³/mol. The Hall–Kier alpha value is -1.60. The molecule has 0 aromatic heterocycles. The van der Waals surface area contributed by atoms with Crippen LogP contribution < -0.4 is 16.0 Å². The standard InChI is InChI=1S/C14H24N4O3/c1-3-21-13(19)11-7-16-14(20)17-12(11)9-18-5-4-10(8-18)6-15-2/h10,15H,3-9H2,1-2H3,(H2,16,17,20). The highest BCUT2D eigenvalue weighted by Gasteiger charge is 2.28. The number of amides is 2. The molecule has 0 aromatic rings. The molecule has 0 aromatic carbocycles. The third-order valence-corrected chi connectivity index (χ3v) is 3.82. The van der Waals surface area contributed by atoms with E-state index in [9.17, 15) is 9.59 Å². The fourth-order valence-electron chi connectivity index (χ4n) is 2.82. The lowest BCUT2D eigenvalue weighted by Crippen LogP contribution is -2.46. The molecule has 0 spiro atoms. The molecule has 0 bridgehead atoms. The summed E-state index contributed by atoms with van der Waals surface area (Å²) in [5.74, 6) is 0.269. The summed E-state index contributed by atoms with van der Waals surface area (Å²) in [6.45, 7) is 5.87. The highest BCUT2D eigenvalue weighted by molar-refractivity contribution is 5.93. The van der Waals surface area contributed by atoms with E-state index in [2.05, 4.69) is 20.9 Å². The number of hydrogen-bond acceptors (Lipinski definition) is 5. The first-order valence-corrected chi connectivity index (χ1v) is 7.45. The lowest BCUT2D eigenvalue weighted by Gasteiger charge is -2.25. The molecule has 1 saturated heterocycles. The summed E-state index contributed by atoms with van der Waals surface area (Å²) in [6.07, 6.45) is 1.13. The van der Waals surface area contributed by atoms with E-state index >= 15 is 0 Å². The quantitative estimate of drug-likeness (QED) is 0.584.